The number of carbonyl (C=O) groups excluding carboxylic acids is 1. The SMILES string of the molecule is CCCCOC(=O)CC1c2ccccc2C(c2ccccc2)=NN1S(C)(=O)=O. The van der Waals surface area contributed by atoms with Gasteiger partial charge in [-0.05, 0) is 12.0 Å². The summed E-state index contributed by atoms with van der Waals surface area (Å²) in [6, 6.07) is 16.1. The molecule has 0 bridgehead atoms. The summed E-state index contributed by atoms with van der Waals surface area (Å²) < 4.78 is 31.3. The minimum absolute atomic E-state index is 0.0840. The van der Waals surface area contributed by atoms with Crippen molar-refractivity contribution in [1.82, 2.24) is 4.41 Å². The van der Waals surface area contributed by atoms with Crippen LogP contribution in [0.25, 0.3) is 0 Å². The van der Waals surface area contributed by atoms with E-state index in [-0.39, 0.29) is 6.42 Å². The molecule has 0 saturated heterocycles. The molecular formula is C21H24N2O4S. The van der Waals surface area contributed by atoms with Crippen LogP contribution >= 0.6 is 0 Å². The molecule has 0 aromatic heterocycles. The molecule has 28 heavy (non-hydrogen) atoms. The van der Waals surface area contributed by atoms with Gasteiger partial charge in [-0.2, -0.15) is 9.52 Å². The summed E-state index contributed by atoms with van der Waals surface area (Å²) in [6.07, 6.45) is 2.71. The third-order valence-corrected chi connectivity index (χ3v) is 5.56. The predicted molar refractivity (Wildman–Crippen MR) is 108 cm³/mol. The average molecular weight is 401 g/mol. The number of carbonyl (C=O) groups is 1. The second-order valence-electron chi connectivity index (χ2n) is 6.73. The summed E-state index contributed by atoms with van der Waals surface area (Å²) >= 11 is 0. The van der Waals surface area contributed by atoms with Crippen molar-refractivity contribution in [1.29, 1.82) is 0 Å². The van der Waals surface area contributed by atoms with E-state index < -0.39 is 22.0 Å². The Morgan fingerprint density at radius 1 is 1.11 bits per heavy atom. The van der Waals surface area contributed by atoms with Crippen molar-refractivity contribution in [2.75, 3.05) is 12.9 Å². The maximum atomic E-state index is 12.5. The maximum Gasteiger partial charge on any atom is 0.308 e. The molecule has 0 saturated carbocycles. The number of esters is 1. The van der Waals surface area contributed by atoms with E-state index in [2.05, 4.69) is 5.10 Å². The molecule has 0 aliphatic carbocycles. The van der Waals surface area contributed by atoms with Crippen LogP contribution in [0.3, 0.4) is 0 Å². The van der Waals surface area contributed by atoms with Crippen LogP contribution in [-0.2, 0) is 19.6 Å². The number of ether oxygens (including phenoxy) is 1. The number of hydrazone groups is 1. The van der Waals surface area contributed by atoms with Crippen molar-refractivity contribution in [2.45, 2.75) is 32.2 Å². The molecule has 7 heteroatoms. The summed E-state index contributed by atoms with van der Waals surface area (Å²) in [5.74, 6) is -0.430. The molecule has 0 fully saturated rings. The van der Waals surface area contributed by atoms with Gasteiger partial charge in [0.15, 0.2) is 0 Å². The highest BCUT2D eigenvalue weighted by molar-refractivity contribution is 7.88. The lowest BCUT2D eigenvalue weighted by Gasteiger charge is -2.33. The summed E-state index contributed by atoms with van der Waals surface area (Å²) in [7, 11) is -3.69. The van der Waals surface area contributed by atoms with Crippen LogP contribution in [0.15, 0.2) is 59.7 Å². The molecule has 1 atom stereocenters. The lowest BCUT2D eigenvalue weighted by Crippen LogP contribution is -2.37. The van der Waals surface area contributed by atoms with Gasteiger partial charge in [-0.25, -0.2) is 8.42 Å². The first kappa shape index (κ1) is 20.1. The van der Waals surface area contributed by atoms with Crippen LogP contribution in [0.1, 0.15) is 48.9 Å². The topological polar surface area (TPSA) is 76.0 Å². The number of hydrogen-bond donors (Lipinski definition) is 0. The van der Waals surface area contributed by atoms with E-state index >= 15 is 0 Å². The van der Waals surface area contributed by atoms with Gasteiger partial charge < -0.3 is 4.74 Å². The Hall–Kier alpha value is -2.67. The van der Waals surface area contributed by atoms with Gasteiger partial charge in [-0.1, -0.05) is 67.9 Å². The van der Waals surface area contributed by atoms with Gasteiger partial charge in [0.1, 0.15) is 0 Å². The molecule has 3 rings (SSSR count). The van der Waals surface area contributed by atoms with Crippen LogP contribution in [0.4, 0.5) is 0 Å². The molecule has 0 N–H and O–H groups in total. The second-order valence-corrected chi connectivity index (χ2v) is 8.57. The van der Waals surface area contributed by atoms with Crippen molar-refractivity contribution in [3.8, 4) is 0 Å². The number of benzene rings is 2. The Labute approximate surface area is 165 Å². The first-order valence-electron chi connectivity index (χ1n) is 9.30. The fourth-order valence-electron chi connectivity index (χ4n) is 3.19. The largest absolute Gasteiger partial charge is 0.466 e. The average Bonchev–Trinajstić information content (AvgIpc) is 2.68. The van der Waals surface area contributed by atoms with Crippen LogP contribution < -0.4 is 0 Å². The van der Waals surface area contributed by atoms with E-state index in [1.54, 1.807) is 0 Å². The first-order chi connectivity index (χ1) is 13.4. The van der Waals surface area contributed by atoms with Crippen molar-refractivity contribution < 1.29 is 17.9 Å². The summed E-state index contributed by atoms with van der Waals surface area (Å²) in [5, 5.41) is 4.45. The Morgan fingerprint density at radius 3 is 2.46 bits per heavy atom. The predicted octanol–water partition coefficient (Wildman–Crippen LogP) is 3.49. The highest BCUT2D eigenvalue weighted by atomic mass is 32.2. The summed E-state index contributed by atoms with van der Waals surface area (Å²) in [5.41, 5.74) is 2.94. The number of rotatable bonds is 7. The van der Waals surface area contributed by atoms with E-state index in [0.717, 1.165) is 40.2 Å². The molecule has 2 aromatic carbocycles. The van der Waals surface area contributed by atoms with Crippen molar-refractivity contribution in [2.24, 2.45) is 5.10 Å². The molecule has 148 valence electrons. The molecular weight excluding hydrogens is 376 g/mol. The van der Waals surface area contributed by atoms with Crippen LogP contribution in [0, 0.1) is 0 Å². The highest BCUT2D eigenvalue weighted by Gasteiger charge is 2.36. The second kappa shape index (κ2) is 8.56. The molecule has 0 spiro atoms. The number of hydrogen-bond acceptors (Lipinski definition) is 5. The zero-order valence-corrected chi connectivity index (χ0v) is 16.9. The lowest BCUT2D eigenvalue weighted by molar-refractivity contribution is -0.144. The Balaban J connectivity index is 2.03. The van der Waals surface area contributed by atoms with Crippen molar-refractivity contribution in [3.05, 3.63) is 71.3 Å². The van der Waals surface area contributed by atoms with Crippen LogP contribution in [-0.4, -0.2) is 37.4 Å². The van der Waals surface area contributed by atoms with Gasteiger partial charge in [-0.15, -0.1) is 0 Å². The maximum absolute atomic E-state index is 12.5. The van der Waals surface area contributed by atoms with Gasteiger partial charge in [0.2, 0.25) is 10.0 Å². The summed E-state index contributed by atoms with van der Waals surface area (Å²) in [4.78, 5) is 12.3. The normalized spacial score (nSPS) is 16.3. The molecule has 0 radical (unpaired) electrons. The Kier molecular flexibility index (Phi) is 6.14. The van der Waals surface area contributed by atoms with Gasteiger partial charge in [-0.3, -0.25) is 4.79 Å². The fourth-order valence-corrected chi connectivity index (χ4v) is 4.07. The van der Waals surface area contributed by atoms with Crippen LogP contribution in [0.2, 0.25) is 0 Å². The molecule has 6 nitrogen and oxygen atoms in total. The smallest absolute Gasteiger partial charge is 0.308 e. The molecule has 1 aliphatic heterocycles. The minimum atomic E-state index is -3.69. The Bertz CT molecular complexity index is 971. The van der Waals surface area contributed by atoms with Gasteiger partial charge >= 0.3 is 5.97 Å². The molecule has 2 aromatic rings. The number of sulfonamides is 1. The van der Waals surface area contributed by atoms with Gasteiger partial charge in [0, 0.05) is 11.1 Å². The Morgan fingerprint density at radius 2 is 1.79 bits per heavy atom. The third kappa shape index (κ3) is 4.42. The number of unbranched alkanes of at least 4 members (excludes halogenated alkanes) is 1. The van der Waals surface area contributed by atoms with Crippen molar-refractivity contribution >= 4 is 21.7 Å². The quantitative estimate of drug-likeness (QED) is 0.527. The summed E-state index contributed by atoms with van der Waals surface area (Å²) in [6.45, 7) is 2.34. The van der Waals surface area contributed by atoms with E-state index in [9.17, 15) is 13.2 Å². The molecule has 1 aliphatic rings. The van der Waals surface area contributed by atoms with E-state index in [1.807, 2.05) is 61.5 Å². The van der Waals surface area contributed by atoms with E-state index in [4.69, 9.17) is 4.74 Å². The molecule has 1 heterocycles. The highest BCUT2D eigenvalue weighted by Crippen LogP contribution is 2.35. The first-order valence-corrected chi connectivity index (χ1v) is 11.1. The number of nitrogens with zero attached hydrogens (tertiary/aromatic N) is 2. The lowest BCUT2D eigenvalue weighted by atomic mass is 9.91. The number of fused-ring (bicyclic) bond motifs is 1. The molecule has 1 unspecified atom stereocenters. The van der Waals surface area contributed by atoms with E-state index in [0.29, 0.717) is 12.3 Å². The zero-order chi connectivity index (χ0) is 20.1. The third-order valence-electron chi connectivity index (χ3n) is 4.55. The van der Waals surface area contributed by atoms with Crippen molar-refractivity contribution in [3.63, 3.8) is 0 Å². The standard InChI is InChI=1S/C21H24N2O4S/c1-3-4-14-27-20(24)15-19-17-12-8-9-13-18(17)21(16-10-6-5-7-11-16)22-23(19)28(2,25)26/h5-13,19H,3-4,14-15H2,1-2H3. The fraction of sp³-hybridized carbons (Fsp3) is 0.333. The zero-order valence-electron chi connectivity index (χ0n) is 16.0. The molecule has 0 amide bonds. The van der Waals surface area contributed by atoms with Gasteiger partial charge in [0.25, 0.3) is 0 Å². The van der Waals surface area contributed by atoms with Crippen LogP contribution in [0.5, 0.6) is 0 Å². The van der Waals surface area contributed by atoms with Gasteiger partial charge in [0.05, 0.1) is 31.0 Å². The minimum Gasteiger partial charge on any atom is -0.466 e. The monoisotopic (exact) mass is 400 g/mol. The van der Waals surface area contributed by atoms with E-state index in [1.165, 1.54) is 0 Å².